The van der Waals surface area contributed by atoms with Gasteiger partial charge in [0, 0.05) is 23.2 Å². The number of rotatable bonds is 6. The number of carbonyl (C=O) groups is 1. The number of carbonyl (C=O) groups excluding carboxylic acids is 1. The molecule has 0 aliphatic heterocycles. The van der Waals surface area contributed by atoms with Gasteiger partial charge in [-0.05, 0) is 71.9 Å². The molecule has 1 aliphatic carbocycles. The molecule has 35 heavy (non-hydrogen) atoms. The molecule has 0 radical (unpaired) electrons. The number of anilines is 1. The largest absolute Gasteiger partial charge is 0.322 e. The van der Waals surface area contributed by atoms with Gasteiger partial charge >= 0.3 is 6.03 Å². The third-order valence-corrected chi connectivity index (χ3v) is 8.07. The number of nitrogens with zero attached hydrogens (tertiary/aromatic N) is 2. The van der Waals surface area contributed by atoms with Crippen LogP contribution in [0.25, 0.3) is 10.8 Å². The standard InChI is InChI=1S/C29H29N3OS2/c1-19-14-26(34-2)27(28(30-19)35-3)31-29(33)32(25-16-23-10-6-7-11-24(23)17-25)18-20-12-13-21-8-4-5-9-22(21)15-20/h4-15,25H,16-18H2,1-3H3,(H,31,33). The Bertz CT molecular complexity index is 1340. The van der Waals surface area contributed by atoms with Gasteiger partial charge in [0.15, 0.2) is 0 Å². The van der Waals surface area contributed by atoms with Crippen molar-refractivity contribution in [3.8, 4) is 0 Å². The number of urea groups is 1. The van der Waals surface area contributed by atoms with Gasteiger partial charge in [-0.3, -0.25) is 0 Å². The van der Waals surface area contributed by atoms with Crippen molar-refractivity contribution in [2.45, 2.75) is 42.3 Å². The highest BCUT2D eigenvalue weighted by Gasteiger charge is 2.31. The molecule has 4 aromatic rings. The summed E-state index contributed by atoms with van der Waals surface area (Å²) in [4.78, 5) is 21.6. The Morgan fingerprint density at radius 3 is 2.31 bits per heavy atom. The quantitative estimate of drug-likeness (QED) is 0.285. The van der Waals surface area contributed by atoms with Crippen LogP contribution < -0.4 is 5.32 Å². The van der Waals surface area contributed by atoms with E-state index in [1.165, 1.54) is 21.9 Å². The molecule has 0 spiro atoms. The van der Waals surface area contributed by atoms with Crippen LogP contribution >= 0.6 is 23.5 Å². The van der Waals surface area contributed by atoms with Gasteiger partial charge in [0.2, 0.25) is 0 Å². The average Bonchev–Trinajstić information content (AvgIpc) is 3.31. The van der Waals surface area contributed by atoms with E-state index in [-0.39, 0.29) is 12.1 Å². The summed E-state index contributed by atoms with van der Waals surface area (Å²) < 4.78 is 0. The number of hydrogen-bond acceptors (Lipinski definition) is 4. The first-order chi connectivity index (χ1) is 17.1. The lowest BCUT2D eigenvalue weighted by Gasteiger charge is -2.30. The predicted octanol–water partition coefficient (Wildman–Crippen LogP) is 7.19. The smallest absolute Gasteiger partial charge is 0.317 e. The Hall–Kier alpha value is -2.96. The summed E-state index contributed by atoms with van der Waals surface area (Å²) in [6, 6.07) is 25.5. The fourth-order valence-corrected chi connectivity index (χ4v) is 6.18. The van der Waals surface area contributed by atoms with E-state index in [0.717, 1.165) is 39.7 Å². The van der Waals surface area contributed by atoms with Crippen LogP contribution in [0.3, 0.4) is 0 Å². The lowest BCUT2D eigenvalue weighted by Crippen LogP contribution is -2.43. The van der Waals surface area contributed by atoms with Crippen LogP contribution in [0.5, 0.6) is 0 Å². The maximum atomic E-state index is 13.9. The van der Waals surface area contributed by atoms with Crippen molar-refractivity contribution in [1.29, 1.82) is 0 Å². The Balaban J connectivity index is 1.48. The molecule has 6 heteroatoms. The van der Waals surface area contributed by atoms with Crippen molar-refractivity contribution in [1.82, 2.24) is 9.88 Å². The molecule has 0 atom stereocenters. The second-order valence-corrected chi connectivity index (χ2v) is 10.6. The van der Waals surface area contributed by atoms with E-state index in [2.05, 4.69) is 77.0 Å². The molecule has 1 aliphatic rings. The number of nitrogens with one attached hydrogen (secondary N) is 1. The first-order valence-corrected chi connectivity index (χ1v) is 14.2. The first kappa shape index (κ1) is 23.8. The number of aromatic nitrogens is 1. The Kier molecular flexibility index (Phi) is 7.02. The number of hydrogen-bond donors (Lipinski definition) is 1. The number of thioether (sulfide) groups is 2. The zero-order valence-corrected chi connectivity index (χ0v) is 21.9. The molecule has 1 heterocycles. The van der Waals surface area contributed by atoms with Gasteiger partial charge in [-0.1, -0.05) is 60.7 Å². The number of aryl methyl sites for hydroxylation is 1. The van der Waals surface area contributed by atoms with Gasteiger partial charge in [-0.2, -0.15) is 0 Å². The Labute approximate surface area is 215 Å². The van der Waals surface area contributed by atoms with E-state index >= 15 is 0 Å². The number of benzene rings is 3. The molecule has 178 valence electrons. The van der Waals surface area contributed by atoms with Crippen molar-refractivity contribution in [3.63, 3.8) is 0 Å². The normalized spacial score (nSPS) is 13.1. The summed E-state index contributed by atoms with van der Waals surface area (Å²) in [6.45, 7) is 2.55. The van der Waals surface area contributed by atoms with Crippen LogP contribution in [0.1, 0.15) is 22.4 Å². The molecular weight excluding hydrogens is 470 g/mol. The van der Waals surface area contributed by atoms with Crippen LogP contribution in [0.15, 0.2) is 82.7 Å². The number of pyridine rings is 1. The number of amides is 2. The van der Waals surface area contributed by atoms with Gasteiger partial charge in [0.1, 0.15) is 5.03 Å². The third kappa shape index (κ3) is 5.04. The molecule has 1 aromatic heterocycles. The van der Waals surface area contributed by atoms with Crippen LogP contribution in [-0.4, -0.2) is 34.5 Å². The van der Waals surface area contributed by atoms with E-state index in [0.29, 0.717) is 6.54 Å². The zero-order chi connectivity index (χ0) is 24.4. The summed E-state index contributed by atoms with van der Waals surface area (Å²) in [6.07, 6.45) is 5.78. The highest BCUT2D eigenvalue weighted by atomic mass is 32.2. The predicted molar refractivity (Wildman–Crippen MR) is 149 cm³/mol. The van der Waals surface area contributed by atoms with Crippen molar-refractivity contribution in [2.75, 3.05) is 17.8 Å². The Morgan fingerprint density at radius 1 is 0.943 bits per heavy atom. The van der Waals surface area contributed by atoms with E-state index < -0.39 is 0 Å². The molecule has 0 saturated carbocycles. The maximum Gasteiger partial charge on any atom is 0.322 e. The number of fused-ring (bicyclic) bond motifs is 2. The van der Waals surface area contributed by atoms with E-state index in [1.54, 1.807) is 23.5 Å². The molecule has 0 saturated heterocycles. The summed E-state index contributed by atoms with van der Waals surface area (Å²) in [7, 11) is 0. The van der Waals surface area contributed by atoms with E-state index in [4.69, 9.17) is 0 Å². The second-order valence-electron chi connectivity index (χ2n) is 8.92. The van der Waals surface area contributed by atoms with Crippen LogP contribution in [0.4, 0.5) is 10.5 Å². The van der Waals surface area contributed by atoms with Crippen molar-refractivity contribution < 1.29 is 4.79 Å². The van der Waals surface area contributed by atoms with E-state index in [1.807, 2.05) is 30.4 Å². The topological polar surface area (TPSA) is 45.2 Å². The summed E-state index contributed by atoms with van der Waals surface area (Å²) in [5, 5.41) is 6.50. The minimum Gasteiger partial charge on any atom is -0.317 e. The minimum absolute atomic E-state index is 0.0767. The van der Waals surface area contributed by atoms with Crippen molar-refractivity contribution >= 4 is 46.0 Å². The monoisotopic (exact) mass is 499 g/mol. The van der Waals surface area contributed by atoms with Gasteiger partial charge in [-0.15, -0.1) is 23.5 Å². The van der Waals surface area contributed by atoms with Gasteiger partial charge in [-0.25, -0.2) is 9.78 Å². The highest BCUT2D eigenvalue weighted by molar-refractivity contribution is 7.99. The second kappa shape index (κ2) is 10.3. The van der Waals surface area contributed by atoms with E-state index in [9.17, 15) is 4.79 Å². The summed E-state index contributed by atoms with van der Waals surface area (Å²) >= 11 is 3.20. The molecule has 3 aromatic carbocycles. The zero-order valence-electron chi connectivity index (χ0n) is 20.2. The molecule has 4 nitrogen and oxygen atoms in total. The molecule has 0 bridgehead atoms. The third-order valence-electron chi connectivity index (χ3n) is 6.62. The minimum atomic E-state index is -0.0767. The fraction of sp³-hybridized carbons (Fsp3) is 0.241. The van der Waals surface area contributed by atoms with Crippen molar-refractivity contribution in [3.05, 3.63) is 95.2 Å². The van der Waals surface area contributed by atoms with Gasteiger partial charge in [0.25, 0.3) is 0 Å². The average molecular weight is 500 g/mol. The van der Waals surface area contributed by atoms with Crippen LogP contribution in [0.2, 0.25) is 0 Å². The summed E-state index contributed by atoms with van der Waals surface area (Å²) in [5.41, 5.74) is 5.56. The first-order valence-electron chi connectivity index (χ1n) is 11.8. The molecule has 1 N–H and O–H groups in total. The van der Waals surface area contributed by atoms with Crippen LogP contribution in [0, 0.1) is 6.92 Å². The molecule has 0 fully saturated rings. The fourth-order valence-electron chi connectivity index (χ4n) is 4.87. The maximum absolute atomic E-state index is 13.9. The summed E-state index contributed by atoms with van der Waals surface area (Å²) in [5.74, 6) is 0. The molecule has 5 rings (SSSR count). The lowest BCUT2D eigenvalue weighted by molar-refractivity contribution is 0.186. The highest BCUT2D eigenvalue weighted by Crippen LogP contribution is 2.35. The molecule has 2 amide bonds. The Morgan fingerprint density at radius 2 is 1.63 bits per heavy atom. The lowest BCUT2D eigenvalue weighted by atomic mass is 10.1. The molecule has 0 unspecified atom stereocenters. The SMILES string of the molecule is CSc1cc(C)nc(SC)c1NC(=O)N(Cc1ccc2ccccc2c1)C1Cc2ccccc2C1. The van der Waals surface area contributed by atoms with Crippen LogP contribution in [-0.2, 0) is 19.4 Å². The van der Waals surface area contributed by atoms with Gasteiger partial charge in [0.05, 0.1) is 5.69 Å². The van der Waals surface area contributed by atoms with Gasteiger partial charge < -0.3 is 10.2 Å². The van der Waals surface area contributed by atoms with Crippen molar-refractivity contribution in [2.24, 2.45) is 0 Å². The molecular formula is C29H29N3OS2.